The molecule has 232 valence electrons. The molecular formula is C48H30N2. The van der Waals surface area contributed by atoms with E-state index in [2.05, 4.69) is 191 Å². The van der Waals surface area contributed by atoms with Crippen LogP contribution in [-0.4, -0.2) is 4.57 Å². The maximum atomic E-state index is 2.49. The van der Waals surface area contributed by atoms with Gasteiger partial charge < -0.3 is 9.47 Å². The first-order chi connectivity index (χ1) is 24.8. The quantitative estimate of drug-likeness (QED) is 0.135. The summed E-state index contributed by atoms with van der Waals surface area (Å²) in [6.45, 7) is 0. The second kappa shape index (κ2) is 10.4. The molecule has 50 heavy (non-hydrogen) atoms. The van der Waals surface area contributed by atoms with Crippen LogP contribution >= 0.6 is 0 Å². The van der Waals surface area contributed by atoms with Gasteiger partial charge in [0.2, 0.25) is 0 Å². The molecule has 0 amide bonds. The molecule has 2 nitrogen and oxygen atoms in total. The molecule has 0 aliphatic rings. The molecule has 0 aliphatic heterocycles. The topological polar surface area (TPSA) is 8.17 Å². The zero-order chi connectivity index (χ0) is 32.8. The summed E-state index contributed by atoms with van der Waals surface area (Å²) in [4.78, 5) is 2.40. The molecule has 0 fully saturated rings. The largest absolute Gasteiger partial charge is 0.308 e. The van der Waals surface area contributed by atoms with Gasteiger partial charge in [-0.2, -0.15) is 0 Å². The molecular weight excluding hydrogens is 605 g/mol. The van der Waals surface area contributed by atoms with Gasteiger partial charge in [-0.15, -0.1) is 0 Å². The van der Waals surface area contributed by atoms with Gasteiger partial charge in [-0.05, 0) is 103 Å². The molecule has 0 N–H and O–H groups in total. The molecule has 0 spiro atoms. The Kier molecular flexibility index (Phi) is 5.70. The van der Waals surface area contributed by atoms with Crippen LogP contribution in [0.15, 0.2) is 182 Å². The predicted octanol–water partition coefficient (Wildman–Crippen LogP) is 13.4. The lowest BCUT2D eigenvalue weighted by Gasteiger charge is -2.28. The number of benzene rings is 10. The molecule has 0 saturated carbocycles. The average molecular weight is 635 g/mol. The van der Waals surface area contributed by atoms with Crippen LogP contribution in [0.2, 0.25) is 0 Å². The van der Waals surface area contributed by atoms with E-state index in [1.807, 2.05) is 0 Å². The second-order valence-corrected chi connectivity index (χ2v) is 13.3. The maximum Gasteiger partial charge on any atom is 0.0702 e. The Balaban J connectivity index is 1.15. The van der Waals surface area contributed by atoms with Crippen LogP contribution in [0.3, 0.4) is 0 Å². The van der Waals surface area contributed by atoms with Crippen molar-refractivity contribution in [3.05, 3.63) is 182 Å². The molecule has 11 rings (SSSR count). The van der Waals surface area contributed by atoms with Gasteiger partial charge in [0.1, 0.15) is 0 Å². The summed E-state index contributed by atoms with van der Waals surface area (Å²) in [7, 11) is 0. The van der Waals surface area contributed by atoms with Crippen molar-refractivity contribution in [2.45, 2.75) is 0 Å². The van der Waals surface area contributed by atoms with E-state index in [1.165, 1.54) is 76.0 Å². The first-order valence-corrected chi connectivity index (χ1v) is 17.3. The second-order valence-electron chi connectivity index (χ2n) is 13.3. The van der Waals surface area contributed by atoms with Crippen molar-refractivity contribution < 1.29 is 0 Å². The lowest BCUT2D eigenvalue weighted by atomic mass is 9.89. The fourth-order valence-electron chi connectivity index (χ4n) is 8.47. The molecule has 2 heteroatoms. The number of rotatable bonds is 5. The number of hydrogen-bond donors (Lipinski definition) is 0. The van der Waals surface area contributed by atoms with Gasteiger partial charge in [0.15, 0.2) is 0 Å². The van der Waals surface area contributed by atoms with Gasteiger partial charge in [-0.3, -0.25) is 0 Å². The Bertz CT molecular complexity index is 3020. The van der Waals surface area contributed by atoms with E-state index in [0.29, 0.717) is 0 Å². The van der Waals surface area contributed by atoms with Crippen LogP contribution in [0, 0.1) is 0 Å². The SMILES string of the molecule is c1ccc(N(c2ccc(-c3ccc4ccccc4c3)cc2)c2ccccc2-n2c3cccc4c5cccc6ccc7ccc2c(c7c65)c43)cc1. The van der Waals surface area contributed by atoms with Crippen molar-refractivity contribution in [1.29, 1.82) is 0 Å². The highest BCUT2D eigenvalue weighted by Crippen LogP contribution is 2.48. The van der Waals surface area contributed by atoms with E-state index in [1.54, 1.807) is 0 Å². The van der Waals surface area contributed by atoms with Crippen LogP contribution in [0.1, 0.15) is 0 Å². The minimum atomic E-state index is 1.11. The van der Waals surface area contributed by atoms with Crippen LogP contribution < -0.4 is 4.90 Å². The summed E-state index contributed by atoms with van der Waals surface area (Å²) in [6, 6.07) is 66.6. The molecule has 1 aromatic heterocycles. The molecule has 0 unspecified atom stereocenters. The van der Waals surface area contributed by atoms with Gasteiger partial charge in [0.05, 0.1) is 22.4 Å². The molecule has 0 radical (unpaired) electrons. The fraction of sp³-hybridized carbons (Fsp3) is 0. The van der Waals surface area contributed by atoms with Gasteiger partial charge >= 0.3 is 0 Å². The van der Waals surface area contributed by atoms with Gasteiger partial charge in [-0.25, -0.2) is 0 Å². The average Bonchev–Trinajstić information content (AvgIpc) is 3.53. The van der Waals surface area contributed by atoms with Crippen LogP contribution in [0.25, 0.3) is 81.7 Å². The summed E-state index contributed by atoms with van der Waals surface area (Å²) in [5.41, 5.74) is 9.36. The molecule has 11 aromatic rings. The number of fused-ring (bicyclic) bond motifs is 2. The Labute approximate surface area is 289 Å². The lowest BCUT2D eigenvalue weighted by molar-refractivity contribution is 1.15. The van der Waals surface area contributed by atoms with E-state index >= 15 is 0 Å². The number of anilines is 3. The van der Waals surface area contributed by atoms with Crippen molar-refractivity contribution in [1.82, 2.24) is 4.57 Å². The number of aromatic nitrogens is 1. The zero-order valence-electron chi connectivity index (χ0n) is 27.2. The van der Waals surface area contributed by atoms with Crippen LogP contribution in [-0.2, 0) is 0 Å². The number of para-hydroxylation sites is 3. The van der Waals surface area contributed by atoms with E-state index in [9.17, 15) is 0 Å². The molecule has 0 aliphatic carbocycles. The summed E-state index contributed by atoms with van der Waals surface area (Å²) < 4.78 is 2.49. The molecule has 0 saturated heterocycles. The van der Waals surface area contributed by atoms with E-state index in [-0.39, 0.29) is 0 Å². The van der Waals surface area contributed by atoms with Gasteiger partial charge in [0, 0.05) is 27.5 Å². The standard InChI is InChI=1S/C48H30N2/c1-2-13-37(14-3-1)49(38-27-24-32(25-28-38)36-23-20-31-10-4-5-11-35(31)30-36)41-17-6-7-18-42(41)50-43-19-9-16-40-39-15-8-12-33-21-22-34-26-29-44(50)48(47(40)43)46(34)45(33)39/h1-30H. The minimum Gasteiger partial charge on any atom is -0.308 e. The smallest absolute Gasteiger partial charge is 0.0702 e. The highest BCUT2D eigenvalue weighted by atomic mass is 15.2. The van der Waals surface area contributed by atoms with E-state index < -0.39 is 0 Å². The fourth-order valence-corrected chi connectivity index (χ4v) is 8.47. The monoisotopic (exact) mass is 634 g/mol. The van der Waals surface area contributed by atoms with Crippen molar-refractivity contribution in [2.24, 2.45) is 0 Å². The van der Waals surface area contributed by atoms with E-state index in [0.717, 1.165) is 22.7 Å². The van der Waals surface area contributed by atoms with Crippen LogP contribution in [0.5, 0.6) is 0 Å². The third kappa shape index (κ3) is 3.85. The molecule has 1 heterocycles. The van der Waals surface area contributed by atoms with Crippen molar-refractivity contribution in [2.75, 3.05) is 4.90 Å². The summed E-state index contributed by atoms with van der Waals surface area (Å²) >= 11 is 0. The Morgan fingerprint density at radius 3 is 1.80 bits per heavy atom. The summed E-state index contributed by atoms with van der Waals surface area (Å²) in [6.07, 6.45) is 0. The molecule has 0 atom stereocenters. The summed E-state index contributed by atoms with van der Waals surface area (Å²) in [5, 5.41) is 13.1. The Hall–Kier alpha value is -6.64. The Morgan fingerprint density at radius 1 is 0.340 bits per heavy atom. The van der Waals surface area contributed by atoms with E-state index in [4.69, 9.17) is 0 Å². The first kappa shape index (κ1) is 27.3. The van der Waals surface area contributed by atoms with Crippen molar-refractivity contribution in [3.8, 4) is 16.8 Å². The van der Waals surface area contributed by atoms with Crippen molar-refractivity contribution >= 4 is 82.0 Å². The van der Waals surface area contributed by atoms with Crippen molar-refractivity contribution in [3.63, 3.8) is 0 Å². The zero-order valence-corrected chi connectivity index (χ0v) is 27.2. The third-order valence-electron chi connectivity index (χ3n) is 10.7. The molecule has 0 bridgehead atoms. The maximum absolute atomic E-state index is 2.49. The third-order valence-corrected chi connectivity index (χ3v) is 10.7. The number of hydrogen-bond acceptors (Lipinski definition) is 1. The highest BCUT2D eigenvalue weighted by molar-refractivity contribution is 6.40. The highest BCUT2D eigenvalue weighted by Gasteiger charge is 2.24. The van der Waals surface area contributed by atoms with Gasteiger partial charge in [0.25, 0.3) is 0 Å². The first-order valence-electron chi connectivity index (χ1n) is 17.3. The molecule has 10 aromatic carbocycles. The lowest BCUT2D eigenvalue weighted by Crippen LogP contribution is -2.13. The normalized spacial score (nSPS) is 12.0. The number of nitrogens with zero attached hydrogens (tertiary/aromatic N) is 2. The Morgan fingerprint density at radius 2 is 0.940 bits per heavy atom. The predicted molar refractivity (Wildman–Crippen MR) is 213 cm³/mol. The minimum absolute atomic E-state index is 1.11. The van der Waals surface area contributed by atoms with Crippen LogP contribution in [0.4, 0.5) is 17.1 Å². The summed E-state index contributed by atoms with van der Waals surface area (Å²) in [5.74, 6) is 0. The van der Waals surface area contributed by atoms with Gasteiger partial charge in [-0.1, -0.05) is 127 Å².